The van der Waals surface area contributed by atoms with Crippen LogP contribution in [0.5, 0.6) is 0 Å². The largest absolute Gasteiger partial charge is 0.378 e. The van der Waals surface area contributed by atoms with Crippen LogP contribution < -0.4 is 0 Å². The second kappa shape index (κ2) is 5.77. The molecular formula is C17H23NO. The van der Waals surface area contributed by atoms with Crippen molar-refractivity contribution in [2.75, 3.05) is 13.1 Å². The second-order valence-electron chi connectivity index (χ2n) is 5.89. The van der Waals surface area contributed by atoms with Gasteiger partial charge in [-0.1, -0.05) is 41.7 Å². The fourth-order valence-electron chi connectivity index (χ4n) is 2.47. The molecule has 1 atom stereocenters. The monoisotopic (exact) mass is 257 g/mol. The van der Waals surface area contributed by atoms with E-state index in [2.05, 4.69) is 47.9 Å². The Bertz CT molecular complexity index is 484. The lowest BCUT2D eigenvalue weighted by atomic mass is 10.0. The minimum Gasteiger partial charge on any atom is -0.378 e. The van der Waals surface area contributed by atoms with Crippen LogP contribution >= 0.6 is 0 Å². The number of likely N-dealkylation sites (tertiary alicyclic amines) is 1. The Labute approximate surface area is 116 Å². The summed E-state index contributed by atoms with van der Waals surface area (Å²) in [5.74, 6) is 6.25. The standard InChI is InChI=1S/C17H23NO/c1-14-7-6-8-15(13-14)16(9-10-17(2,3)19)18-11-4-5-12-18/h6-8,13,16,19H,4-5,11-12H2,1-3H3/t16-/m1/s1. The average Bonchev–Trinajstić information content (AvgIpc) is 2.81. The Hall–Kier alpha value is -1.30. The fraction of sp³-hybridized carbons (Fsp3) is 0.529. The van der Waals surface area contributed by atoms with Gasteiger partial charge in [-0.25, -0.2) is 0 Å². The van der Waals surface area contributed by atoms with Gasteiger partial charge in [0.05, 0.1) is 6.04 Å². The quantitative estimate of drug-likeness (QED) is 0.824. The predicted octanol–water partition coefficient (Wildman–Crippen LogP) is 2.91. The van der Waals surface area contributed by atoms with Gasteiger partial charge >= 0.3 is 0 Å². The molecule has 0 aromatic heterocycles. The molecule has 0 aliphatic carbocycles. The van der Waals surface area contributed by atoms with Crippen LogP contribution in [-0.2, 0) is 0 Å². The molecular weight excluding hydrogens is 234 g/mol. The Morgan fingerprint density at radius 3 is 2.53 bits per heavy atom. The molecule has 1 N–H and O–H groups in total. The molecule has 19 heavy (non-hydrogen) atoms. The van der Waals surface area contributed by atoms with Crippen LogP contribution in [0.25, 0.3) is 0 Å². The number of benzene rings is 1. The first kappa shape index (κ1) is 14.1. The van der Waals surface area contributed by atoms with Gasteiger partial charge in [0, 0.05) is 0 Å². The molecule has 0 saturated carbocycles. The van der Waals surface area contributed by atoms with Crippen molar-refractivity contribution in [3.63, 3.8) is 0 Å². The molecule has 2 heteroatoms. The van der Waals surface area contributed by atoms with Crippen molar-refractivity contribution in [2.24, 2.45) is 0 Å². The number of nitrogens with zero attached hydrogens (tertiary/aromatic N) is 1. The Kier molecular flexibility index (Phi) is 4.29. The summed E-state index contributed by atoms with van der Waals surface area (Å²) >= 11 is 0. The number of aryl methyl sites for hydroxylation is 1. The maximum absolute atomic E-state index is 9.82. The Morgan fingerprint density at radius 2 is 1.95 bits per heavy atom. The third-order valence-corrected chi connectivity index (χ3v) is 3.38. The maximum atomic E-state index is 9.82. The minimum atomic E-state index is -0.929. The molecule has 2 rings (SSSR count). The van der Waals surface area contributed by atoms with Gasteiger partial charge in [0.15, 0.2) is 0 Å². The van der Waals surface area contributed by atoms with Crippen molar-refractivity contribution < 1.29 is 5.11 Å². The topological polar surface area (TPSA) is 23.5 Å². The summed E-state index contributed by atoms with van der Waals surface area (Å²) in [6, 6.07) is 8.62. The highest BCUT2D eigenvalue weighted by atomic mass is 16.3. The van der Waals surface area contributed by atoms with Crippen LogP contribution in [0, 0.1) is 18.8 Å². The smallest absolute Gasteiger partial charge is 0.120 e. The first-order valence-corrected chi connectivity index (χ1v) is 7.01. The van der Waals surface area contributed by atoms with Gasteiger partial charge in [-0.2, -0.15) is 0 Å². The van der Waals surface area contributed by atoms with Crippen LogP contribution in [0.4, 0.5) is 0 Å². The Balaban J connectivity index is 2.30. The number of rotatable bonds is 2. The van der Waals surface area contributed by atoms with Gasteiger partial charge in [-0.05, 0) is 52.3 Å². The molecule has 2 nitrogen and oxygen atoms in total. The van der Waals surface area contributed by atoms with E-state index in [9.17, 15) is 5.11 Å². The SMILES string of the molecule is Cc1cccc([C@@H](C#CC(C)(C)O)N2CCCC2)c1. The highest BCUT2D eigenvalue weighted by molar-refractivity contribution is 5.32. The first-order chi connectivity index (χ1) is 8.96. The van der Waals surface area contributed by atoms with Crippen LogP contribution in [0.15, 0.2) is 24.3 Å². The van der Waals surface area contributed by atoms with E-state index in [-0.39, 0.29) is 6.04 Å². The summed E-state index contributed by atoms with van der Waals surface area (Å²) in [5, 5.41) is 9.82. The summed E-state index contributed by atoms with van der Waals surface area (Å²) < 4.78 is 0. The van der Waals surface area contributed by atoms with E-state index in [1.807, 2.05) is 0 Å². The molecule has 0 spiro atoms. The molecule has 102 valence electrons. The molecule has 0 unspecified atom stereocenters. The van der Waals surface area contributed by atoms with Gasteiger partial charge in [0.2, 0.25) is 0 Å². The van der Waals surface area contributed by atoms with Crippen LogP contribution in [0.3, 0.4) is 0 Å². The molecule has 0 radical (unpaired) electrons. The van der Waals surface area contributed by atoms with Crippen molar-refractivity contribution in [1.82, 2.24) is 4.90 Å². The van der Waals surface area contributed by atoms with Crippen molar-refractivity contribution in [1.29, 1.82) is 0 Å². The average molecular weight is 257 g/mol. The second-order valence-corrected chi connectivity index (χ2v) is 5.89. The molecule has 1 aliphatic heterocycles. The lowest BCUT2D eigenvalue weighted by Gasteiger charge is -2.24. The van der Waals surface area contributed by atoms with Gasteiger partial charge in [0.1, 0.15) is 5.60 Å². The third kappa shape index (κ3) is 4.09. The lowest BCUT2D eigenvalue weighted by molar-refractivity contribution is 0.143. The van der Waals surface area contributed by atoms with Gasteiger partial charge in [-0.3, -0.25) is 4.90 Å². The molecule has 1 aromatic carbocycles. The molecule has 1 saturated heterocycles. The highest BCUT2D eigenvalue weighted by Crippen LogP contribution is 2.25. The number of aliphatic hydroxyl groups is 1. The van der Waals surface area contributed by atoms with E-state index in [4.69, 9.17) is 0 Å². The van der Waals surface area contributed by atoms with Crippen LogP contribution in [0.1, 0.15) is 43.9 Å². The summed E-state index contributed by atoms with van der Waals surface area (Å²) in [4.78, 5) is 2.41. The highest BCUT2D eigenvalue weighted by Gasteiger charge is 2.22. The van der Waals surface area contributed by atoms with Crippen molar-refractivity contribution in [3.8, 4) is 11.8 Å². The van der Waals surface area contributed by atoms with E-state index in [1.165, 1.54) is 24.0 Å². The zero-order chi connectivity index (χ0) is 13.9. The predicted molar refractivity (Wildman–Crippen MR) is 78.8 cm³/mol. The summed E-state index contributed by atoms with van der Waals surface area (Å²) in [6.07, 6.45) is 2.49. The van der Waals surface area contributed by atoms with Crippen molar-refractivity contribution in [2.45, 2.75) is 45.3 Å². The van der Waals surface area contributed by atoms with E-state index < -0.39 is 5.60 Å². The molecule has 1 fully saturated rings. The van der Waals surface area contributed by atoms with Gasteiger partial charge in [-0.15, -0.1) is 0 Å². The number of hydrogen-bond donors (Lipinski definition) is 1. The fourth-order valence-corrected chi connectivity index (χ4v) is 2.47. The molecule has 1 aliphatic rings. The molecule has 0 amide bonds. The zero-order valence-corrected chi connectivity index (χ0v) is 12.1. The summed E-state index contributed by atoms with van der Waals surface area (Å²) in [7, 11) is 0. The minimum absolute atomic E-state index is 0.105. The van der Waals surface area contributed by atoms with E-state index in [0.717, 1.165) is 13.1 Å². The molecule has 1 aromatic rings. The van der Waals surface area contributed by atoms with Crippen molar-refractivity contribution >= 4 is 0 Å². The normalized spacial score (nSPS) is 17.9. The number of hydrogen-bond acceptors (Lipinski definition) is 2. The van der Waals surface area contributed by atoms with Gasteiger partial charge in [0.25, 0.3) is 0 Å². The Morgan fingerprint density at radius 1 is 1.26 bits per heavy atom. The van der Waals surface area contributed by atoms with E-state index in [1.54, 1.807) is 13.8 Å². The lowest BCUT2D eigenvalue weighted by Crippen LogP contribution is -2.25. The van der Waals surface area contributed by atoms with E-state index >= 15 is 0 Å². The summed E-state index contributed by atoms with van der Waals surface area (Å²) in [6.45, 7) is 7.76. The van der Waals surface area contributed by atoms with E-state index in [0.29, 0.717) is 0 Å². The molecule has 1 heterocycles. The summed E-state index contributed by atoms with van der Waals surface area (Å²) in [5.41, 5.74) is 1.56. The zero-order valence-electron chi connectivity index (χ0n) is 12.1. The third-order valence-electron chi connectivity index (χ3n) is 3.38. The first-order valence-electron chi connectivity index (χ1n) is 7.01. The van der Waals surface area contributed by atoms with Crippen LogP contribution in [-0.4, -0.2) is 28.7 Å². The molecule has 0 bridgehead atoms. The van der Waals surface area contributed by atoms with Crippen LogP contribution in [0.2, 0.25) is 0 Å². The maximum Gasteiger partial charge on any atom is 0.120 e. The van der Waals surface area contributed by atoms with Gasteiger partial charge < -0.3 is 5.11 Å². The van der Waals surface area contributed by atoms with Crippen molar-refractivity contribution in [3.05, 3.63) is 35.4 Å².